The van der Waals surface area contributed by atoms with E-state index in [0.29, 0.717) is 16.3 Å². The van der Waals surface area contributed by atoms with E-state index in [4.69, 9.17) is 16.3 Å². The quantitative estimate of drug-likeness (QED) is 0.600. The number of para-hydroxylation sites is 1. The fraction of sp³-hybridized carbons (Fsp3) is 0.130. The SMILES string of the molecule is Cc1c(Cl)cccc1NC(=O)CNC(=O)c1ccccc1COc1ccccc1. The molecule has 0 aliphatic carbocycles. The molecule has 0 saturated heterocycles. The number of nitrogens with one attached hydrogen (secondary N) is 2. The van der Waals surface area contributed by atoms with Crippen molar-refractivity contribution < 1.29 is 14.3 Å². The van der Waals surface area contributed by atoms with Gasteiger partial charge in [0.05, 0.1) is 6.54 Å². The monoisotopic (exact) mass is 408 g/mol. The smallest absolute Gasteiger partial charge is 0.252 e. The van der Waals surface area contributed by atoms with Crippen molar-refractivity contribution in [2.45, 2.75) is 13.5 Å². The summed E-state index contributed by atoms with van der Waals surface area (Å²) in [5, 5.41) is 5.98. The number of ether oxygens (including phenoxy) is 1. The Labute approximate surface area is 174 Å². The second-order valence-electron chi connectivity index (χ2n) is 6.40. The van der Waals surface area contributed by atoms with Crippen molar-refractivity contribution in [3.05, 3.63) is 94.5 Å². The average Bonchev–Trinajstić information content (AvgIpc) is 2.75. The van der Waals surface area contributed by atoms with Gasteiger partial charge in [-0.25, -0.2) is 0 Å². The summed E-state index contributed by atoms with van der Waals surface area (Å²) in [6.07, 6.45) is 0. The fourth-order valence-corrected chi connectivity index (χ4v) is 2.91. The van der Waals surface area contributed by atoms with E-state index in [9.17, 15) is 9.59 Å². The van der Waals surface area contributed by atoms with Crippen LogP contribution in [-0.2, 0) is 11.4 Å². The Kier molecular flexibility index (Phi) is 6.87. The average molecular weight is 409 g/mol. The van der Waals surface area contributed by atoms with Gasteiger partial charge in [0.1, 0.15) is 12.4 Å². The van der Waals surface area contributed by atoms with E-state index < -0.39 is 0 Å². The first-order valence-electron chi connectivity index (χ1n) is 9.13. The summed E-state index contributed by atoms with van der Waals surface area (Å²) >= 11 is 6.06. The summed E-state index contributed by atoms with van der Waals surface area (Å²) in [6.45, 7) is 1.92. The fourth-order valence-electron chi connectivity index (χ4n) is 2.74. The normalized spacial score (nSPS) is 10.3. The first-order chi connectivity index (χ1) is 14.0. The van der Waals surface area contributed by atoms with E-state index in [-0.39, 0.29) is 25.0 Å². The zero-order chi connectivity index (χ0) is 20.6. The van der Waals surface area contributed by atoms with E-state index in [1.54, 1.807) is 30.3 Å². The number of carbonyl (C=O) groups excluding carboxylic acids is 2. The largest absolute Gasteiger partial charge is 0.489 e. The van der Waals surface area contributed by atoms with E-state index >= 15 is 0 Å². The highest BCUT2D eigenvalue weighted by Crippen LogP contribution is 2.22. The zero-order valence-corrected chi connectivity index (χ0v) is 16.7. The molecule has 0 unspecified atom stereocenters. The van der Waals surface area contributed by atoms with Gasteiger partial charge in [0.2, 0.25) is 5.91 Å². The van der Waals surface area contributed by atoms with Crippen molar-refractivity contribution in [1.82, 2.24) is 5.32 Å². The second-order valence-corrected chi connectivity index (χ2v) is 6.81. The predicted octanol–water partition coefficient (Wildman–Crippen LogP) is 4.60. The van der Waals surface area contributed by atoms with Crippen LogP contribution in [0.1, 0.15) is 21.5 Å². The molecule has 0 spiro atoms. The van der Waals surface area contributed by atoms with Gasteiger partial charge in [0.25, 0.3) is 5.91 Å². The van der Waals surface area contributed by atoms with Gasteiger partial charge in [-0.1, -0.05) is 54.1 Å². The molecule has 29 heavy (non-hydrogen) atoms. The maximum Gasteiger partial charge on any atom is 0.252 e. The van der Waals surface area contributed by atoms with E-state index in [1.165, 1.54) is 0 Å². The van der Waals surface area contributed by atoms with Crippen molar-refractivity contribution in [1.29, 1.82) is 0 Å². The van der Waals surface area contributed by atoms with Crippen LogP contribution in [0.4, 0.5) is 5.69 Å². The minimum Gasteiger partial charge on any atom is -0.489 e. The summed E-state index contributed by atoms with van der Waals surface area (Å²) in [7, 11) is 0. The van der Waals surface area contributed by atoms with Crippen molar-refractivity contribution in [3.8, 4) is 5.75 Å². The van der Waals surface area contributed by atoms with E-state index in [1.807, 2.05) is 49.4 Å². The number of halogens is 1. The Bertz CT molecular complexity index is 1010. The number of hydrogen-bond donors (Lipinski definition) is 2. The molecule has 0 heterocycles. The molecule has 0 bridgehead atoms. The van der Waals surface area contributed by atoms with Crippen LogP contribution in [0.5, 0.6) is 5.75 Å². The molecule has 3 rings (SSSR count). The van der Waals surface area contributed by atoms with Gasteiger partial charge in [-0.15, -0.1) is 0 Å². The lowest BCUT2D eigenvalue weighted by atomic mass is 10.1. The number of anilines is 1. The lowest BCUT2D eigenvalue weighted by Crippen LogP contribution is -2.33. The van der Waals surface area contributed by atoms with Crippen molar-refractivity contribution in [2.24, 2.45) is 0 Å². The van der Waals surface area contributed by atoms with Gasteiger partial charge in [0.15, 0.2) is 0 Å². The summed E-state index contributed by atoms with van der Waals surface area (Å²) in [6, 6.07) is 21.8. The molecule has 3 aromatic carbocycles. The maximum absolute atomic E-state index is 12.6. The molecule has 148 valence electrons. The van der Waals surface area contributed by atoms with E-state index in [2.05, 4.69) is 10.6 Å². The molecule has 0 aliphatic heterocycles. The third kappa shape index (κ3) is 5.59. The van der Waals surface area contributed by atoms with E-state index in [0.717, 1.165) is 16.9 Å². The Morgan fingerprint density at radius 1 is 0.931 bits per heavy atom. The minimum absolute atomic E-state index is 0.154. The summed E-state index contributed by atoms with van der Waals surface area (Å²) in [5.74, 6) is 0.0518. The van der Waals surface area contributed by atoms with Gasteiger partial charge in [-0.2, -0.15) is 0 Å². The van der Waals surface area contributed by atoms with Crippen LogP contribution in [0.2, 0.25) is 5.02 Å². The topological polar surface area (TPSA) is 67.4 Å². The van der Waals surface area contributed by atoms with Crippen LogP contribution in [-0.4, -0.2) is 18.4 Å². The van der Waals surface area contributed by atoms with Crippen LogP contribution in [0.3, 0.4) is 0 Å². The second kappa shape index (κ2) is 9.75. The Morgan fingerprint density at radius 2 is 1.66 bits per heavy atom. The molecule has 0 radical (unpaired) electrons. The van der Waals surface area contributed by atoms with Gasteiger partial charge < -0.3 is 15.4 Å². The molecule has 6 heteroatoms. The highest BCUT2D eigenvalue weighted by molar-refractivity contribution is 6.31. The zero-order valence-electron chi connectivity index (χ0n) is 15.9. The lowest BCUT2D eigenvalue weighted by Gasteiger charge is -2.12. The standard InChI is InChI=1S/C23H21ClN2O3/c1-16-20(24)12-7-13-21(16)26-22(27)14-25-23(28)19-11-6-5-8-17(19)15-29-18-9-3-2-4-10-18/h2-13H,14-15H2,1H3,(H,25,28)(H,26,27). The summed E-state index contributed by atoms with van der Waals surface area (Å²) in [5.41, 5.74) is 2.60. The highest BCUT2D eigenvalue weighted by atomic mass is 35.5. The molecule has 0 aromatic heterocycles. The molecule has 0 aliphatic rings. The highest BCUT2D eigenvalue weighted by Gasteiger charge is 2.13. The minimum atomic E-state index is -0.338. The molecule has 3 aromatic rings. The molecule has 0 saturated carbocycles. The number of hydrogen-bond acceptors (Lipinski definition) is 3. The molecular weight excluding hydrogens is 388 g/mol. The molecule has 0 atom stereocenters. The number of carbonyl (C=O) groups is 2. The lowest BCUT2D eigenvalue weighted by molar-refractivity contribution is -0.115. The Morgan fingerprint density at radius 3 is 2.45 bits per heavy atom. The third-order valence-corrected chi connectivity index (χ3v) is 4.76. The predicted molar refractivity (Wildman–Crippen MR) is 114 cm³/mol. The van der Waals surface area contributed by atoms with Crippen LogP contribution in [0.15, 0.2) is 72.8 Å². The van der Waals surface area contributed by atoms with Crippen molar-refractivity contribution in [3.63, 3.8) is 0 Å². The van der Waals surface area contributed by atoms with Gasteiger partial charge in [-0.05, 0) is 42.8 Å². The summed E-state index contributed by atoms with van der Waals surface area (Å²) < 4.78 is 5.74. The maximum atomic E-state index is 12.6. The van der Waals surface area contributed by atoms with Crippen LogP contribution < -0.4 is 15.4 Å². The third-order valence-electron chi connectivity index (χ3n) is 4.35. The van der Waals surface area contributed by atoms with Crippen molar-refractivity contribution >= 4 is 29.1 Å². The molecule has 2 N–H and O–H groups in total. The molecular formula is C23H21ClN2O3. The van der Waals surface area contributed by atoms with Crippen molar-refractivity contribution in [2.75, 3.05) is 11.9 Å². The molecule has 0 fully saturated rings. The number of amides is 2. The van der Waals surface area contributed by atoms with Crippen LogP contribution in [0, 0.1) is 6.92 Å². The number of rotatable bonds is 7. The Hall–Kier alpha value is -3.31. The first-order valence-corrected chi connectivity index (χ1v) is 9.51. The summed E-state index contributed by atoms with van der Waals surface area (Å²) in [4.78, 5) is 24.8. The van der Waals surface area contributed by atoms with Gasteiger partial charge in [-0.3, -0.25) is 9.59 Å². The molecule has 5 nitrogen and oxygen atoms in total. The van der Waals surface area contributed by atoms with Crippen LogP contribution >= 0.6 is 11.6 Å². The molecule has 2 amide bonds. The number of benzene rings is 3. The van der Waals surface area contributed by atoms with Crippen LogP contribution in [0.25, 0.3) is 0 Å². The van der Waals surface area contributed by atoms with Gasteiger partial charge in [0, 0.05) is 21.8 Å². The van der Waals surface area contributed by atoms with Gasteiger partial charge >= 0.3 is 0 Å². The Balaban J connectivity index is 1.59. The first kappa shape index (κ1) is 20.4.